The zero-order valence-corrected chi connectivity index (χ0v) is 15.6. The standard InChI is InChI=1S/C20H22N2OS/c1-12-7-6-8-17(11-12)20-22-21-19(23-20)16(5)24-18-14(3)9-13(2)10-15(18)4/h6-11,16H,1-5H3/t16-/m0/s1. The molecule has 0 saturated carbocycles. The van der Waals surface area contributed by atoms with Crippen LogP contribution < -0.4 is 0 Å². The van der Waals surface area contributed by atoms with Crippen molar-refractivity contribution < 1.29 is 4.42 Å². The maximum absolute atomic E-state index is 5.92. The van der Waals surface area contributed by atoms with Gasteiger partial charge in [0.1, 0.15) is 0 Å². The van der Waals surface area contributed by atoms with E-state index in [0.717, 1.165) is 5.56 Å². The van der Waals surface area contributed by atoms with Crippen molar-refractivity contribution in [2.45, 2.75) is 44.8 Å². The van der Waals surface area contributed by atoms with Crippen LogP contribution in [0.1, 0.15) is 40.3 Å². The number of nitrogens with zero attached hydrogens (tertiary/aromatic N) is 2. The molecule has 0 aliphatic heterocycles. The SMILES string of the molecule is Cc1cccc(-c2nnc([C@H](C)Sc3c(C)cc(C)cc3C)o2)c1. The fourth-order valence-corrected chi connectivity index (χ4v) is 3.91. The molecule has 0 unspecified atom stereocenters. The first-order chi connectivity index (χ1) is 11.4. The van der Waals surface area contributed by atoms with Crippen LogP contribution in [0.4, 0.5) is 0 Å². The molecule has 1 aromatic heterocycles. The molecule has 24 heavy (non-hydrogen) atoms. The second kappa shape index (κ2) is 6.81. The third kappa shape index (κ3) is 3.54. The van der Waals surface area contributed by atoms with Gasteiger partial charge in [-0.1, -0.05) is 35.4 Å². The predicted molar refractivity (Wildman–Crippen MR) is 99.4 cm³/mol. The van der Waals surface area contributed by atoms with E-state index in [1.54, 1.807) is 11.8 Å². The number of hydrogen-bond donors (Lipinski definition) is 0. The van der Waals surface area contributed by atoms with Gasteiger partial charge >= 0.3 is 0 Å². The molecule has 0 spiro atoms. The quantitative estimate of drug-likeness (QED) is 0.562. The van der Waals surface area contributed by atoms with Gasteiger partial charge < -0.3 is 4.42 Å². The van der Waals surface area contributed by atoms with Crippen molar-refractivity contribution >= 4 is 11.8 Å². The molecule has 3 aromatic rings. The van der Waals surface area contributed by atoms with Gasteiger partial charge in [0, 0.05) is 10.5 Å². The van der Waals surface area contributed by atoms with Crippen molar-refractivity contribution in [1.29, 1.82) is 0 Å². The second-order valence-corrected chi connectivity index (χ2v) is 7.65. The number of aromatic nitrogens is 2. The summed E-state index contributed by atoms with van der Waals surface area (Å²) in [5.74, 6) is 1.24. The fourth-order valence-electron chi connectivity index (χ4n) is 2.87. The molecule has 0 bridgehead atoms. The van der Waals surface area contributed by atoms with Gasteiger partial charge in [-0.05, 0) is 57.9 Å². The maximum Gasteiger partial charge on any atom is 0.247 e. The van der Waals surface area contributed by atoms with Crippen LogP contribution in [-0.2, 0) is 0 Å². The minimum absolute atomic E-state index is 0.108. The third-order valence-corrected chi connectivity index (χ3v) is 5.39. The molecule has 0 saturated heterocycles. The van der Waals surface area contributed by atoms with E-state index in [2.05, 4.69) is 69.1 Å². The number of hydrogen-bond acceptors (Lipinski definition) is 4. The second-order valence-electron chi connectivity index (χ2n) is 6.30. The molecule has 1 heterocycles. The van der Waals surface area contributed by atoms with E-state index in [1.807, 2.05) is 12.1 Å². The average Bonchev–Trinajstić information content (AvgIpc) is 3.00. The van der Waals surface area contributed by atoms with E-state index in [9.17, 15) is 0 Å². The molecule has 3 rings (SSSR count). The Hall–Kier alpha value is -2.07. The molecule has 3 nitrogen and oxygen atoms in total. The molecule has 1 atom stereocenters. The molecule has 0 fully saturated rings. The summed E-state index contributed by atoms with van der Waals surface area (Å²) in [6.07, 6.45) is 0. The molecular weight excluding hydrogens is 316 g/mol. The van der Waals surface area contributed by atoms with Crippen molar-refractivity contribution in [2.75, 3.05) is 0 Å². The molecule has 4 heteroatoms. The summed E-state index contributed by atoms with van der Waals surface area (Å²) in [6.45, 7) is 10.6. The highest BCUT2D eigenvalue weighted by Gasteiger charge is 2.18. The Labute approximate surface area is 147 Å². The molecule has 0 aliphatic carbocycles. The van der Waals surface area contributed by atoms with E-state index in [-0.39, 0.29) is 5.25 Å². The lowest BCUT2D eigenvalue weighted by molar-refractivity contribution is 0.509. The van der Waals surface area contributed by atoms with E-state index < -0.39 is 0 Å². The lowest BCUT2D eigenvalue weighted by Crippen LogP contribution is -1.93. The molecule has 124 valence electrons. The molecule has 0 aliphatic rings. The third-order valence-electron chi connectivity index (χ3n) is 3.95. The van der Waals surface area contributed by atoms with E-state index in [4.69, 9.17) is 4.42 Å². The highest BCUT2D eigenvalue weighted by Crippen LogP contribution is 2.38. The monoisotopic (exact) mass is 338 g/mol. The van der Waals surface area contributed by atoms with Crippen LogP contribution in [0.15, 0.2) is 45.7 Å². The van der Waals surface area contributed by atoms with Crippen molar-refractivity contribution in [3.05, 3.63) is 64.5 Å². The van der Waals surface area contributed by atoms with Gasteiger partial charge in [-0.3, -0.25) is 0 Å². The topological polar surface area (TPSA) is 38.9 Å². The molecule has 0 radical (unpaired) electrons. The number of benzene rings is 2. The summed E-state index contributed by atoms with van der Waals surface area (Å²) in [5, 5.41) is 8.58. The van der Waals surface area contributed by atoms with Crippen LogP contribution in [0.2, 0.25) is 0 Å². The van der Waals surface area contributed by atoms with E-state index in [0.29, 0.717) is 11.8 Å². The van der Waals surface area contributed by atoms with Gasteiger partial charge in [-0.15, -0.1) is 22.0 Å². The number of thioether (sulfide) groups is 1. The van der Waals surface area contributed by atoms with Crippen molar-refractivity contribution in [2.24, 2.45) is 0 Å². The molecule has 0 N–H and O–H groups in total. The van der Waals surface area contributed by atoms with Gasteiger partial charge in [-0.25, -0.2) is 0 Å². The normalized spacial score (nSPS) is 12.4. The Morgan fingerprint density at radius 1 is 0.917 bits per heavy atom. The van der Waals surface area contributed by atoms with Crippen LogP contribution in [0.5, 0.6) is 0 Å². The van der Waals surface area contributed by atoms with Gasteiger partial charge in [0.15, 0.2) is 0 Å². The number of aryl methyl sites for hydroxylation is 4. The zero-order chi connectivity index (χ0) is 17.3. The van der Waals surface area contributed by atoms with Crippen molar-refractivity contribution in [3.63, 3.8) is 0 Å². The van der Waals surface area contributed by atoms with E-state index in [1.165, 1.54) is 27.1 Å². The van der Waals surface area contributed by atoms with Crippen LogP contribution >= 0.6 is 11.8 Å². The van der Waals surface area contributed by atoms with E-state index >= 15 is 0 Å². The fraction of sp³-hybridized carbons (Fsp3) is 0.300. The predicted octanol–water partition coefficient (Wildman–Crippen LogP) is 5.82. The molecule has 0 amide bonds. The first-order valence-electron chi connectivity index (χ1n) is 8.09. The first-order valence-corrected chi connectivity index (χ1v) is 8.97. The lowest BCUT2D eigenvalue weighted by Gasteiger charge is -2.13. The summed E-state index contributed by atoms with van der Waals surface area (Å²) < 4.78 is 5.92. The Bertz CT molecular complexity index is 847. The first kappa shape index (κ1) is 16.8. The smallest absolute Gasteiger partial charge is 0.247 e. The van der Waals surface area contributed by atoms with Crippen LogP contribution in [-0.4, -0.2) is 10.2 Å². The van der Waals surface area contributed by atoms with Gasteiger partial charge in [0.2, 0.25) is 11.8 Å². The molecule has 2 aromatic carbocycles. The van der Waals surface area contributed by atoms with Gasteiger partial charge in [-0.2, -0.15) is 0 Å². The Morgan fingerprint density at radius 2 is 1.62 bits per heavy atom. The summed E-state index contributed by atoms with van der Waals surface area (Å²) >= 11 is 1.77. The maximum atomic E-state index is 5.92. The van der Waals surface area contributed by atoms with Gasteiger partial charge in [0.25, 0.3) is 0 Å². The minimum Gasteiger partial charge on any atom is -0.419 e. The summed E-state index contributed by atoms with van der Waals surface area (Å²) in [6, 6.07) is 12.6. The highest BCUT2D eigenvalue weighted by atomic mass is 32.2. The Balaban J connectivity index is 1.83. The average molecular weight is 338 g/mol. The Kier molecular flexibility index (Phi) is 4.76. The van der Waals surface area contributed by atoms with Crippen LogP contribution in [0.3, 0.4) is 0 Å². The number of rotatable bonds is 4. The van der Waals surface area contributed by atoms with Crippen LogP contribution in [0, 0.1) is 27.7 Å². The highest BCUT2D eigenvalue weighted by molar-refractivity contribution is 7.99. The lowest BCUT2D eigenvalue weighted by atomic mass is 10.1. The summed E-state index contributed by atoms with van der Waals surface area (Å²) in [7, 11) is 0. The zero-order valence-electron chi connectivity index (χ0n) is 14.8. The van der Waals surface area contributed by atoms with Crippen molar-refractivity contribution in [1.82, 2.24) is 10.2 Å². The summed E-state index contributed by atoms with van der Waals surface area (Å²) in [5.41, 5.74) is 6.03. The molecular formula is C20H22N2OS. The van der Waals surface area contributed by atoms with Gasteiger partial charge in [0.05, 0.1) is 5.25 Å². The van der Waals surface area contributed by atoms with Crippen LogP contribution in [0.25, 0.3) is 11.5 Å². The summed E-state index contributed by atoms with van der Waals surface area (Å²) in [4.78, 5) is 1.29. The van der Waals surface area contributed by atoms with Crippen molar-refractivity contribution in [3.8, 4) is 11.5 Å². The largest absolute Gasteiger partial charge is 0.419 e. The minimum atomic E-state index is 0.108. The Morgan fingerprint density at radius 3 is 2.29 bits per heavy atom.